The van der Waals surface area contributed by atoms with Crippen LogP contribution < -0.4 is 10.2 Å². The first-order chi connectivity index (χ1) is 13.3. The molecule has 1 aliphatic rings. The third-order valence-electron chi connectivity index (χ3n) is 4.57. The molecular formula is C20H20N4O3S. The molecule has 1 heterocycles. The molecule has 28 heavy (non-hydrogen) atoms. The van der Waals surface area contributed by atoms with Gasteiger partial charge in [0.15, 0.2) is 5.11 Å². The van der Waals surface area contributed by atoms with Crippen molar-refractivity contribution in [3.05, 3.63) is 81.5 Å². The summed E-state index contributed by atoms with van der Waals surface area (Å²) < 4.78 is 0. The van der Waals surface area contributed by atoms with Crippen LogP contribution in [0.3, 0.4) is 0 Å². The Balaban J connectivity index is 2.12. The standard InChI is InChI=1S/C20H20N4O3S/c1-13-17(19(25)22(2)3)18(14-9-11-16(12-10-14)24(26)27)21-20(28)23(13)15-7-5-4-6-8-15/h4-12,18H,1-3H3,(H,21,28)/t18-/m1/s1. The summed E-state index contributed by atoms with van der Waals surface area (Å²) in [5.74, 6) is -0.156. The summed E-state index contributed by atoms with van der Waals surface area (Å²) in [5, 5.41) is 14.6. The number of nitrogens with zero attached hydrogens (tertiary/aromatic N) is 3. The van der Waals surface area contributed by atoms with Gasteiger partial charge in [0.1, 0.15) is 0 Å². The first-order valence-corrected chi connectivity index (χ1v) is 9.04. The first-order valence-electron chi connectivity index (χ1n) is 8.63. The first kappa shape index (κ1) is 19.5. The van der Waals surface area contributed by atoms with Gasteiger partial charge in [-0.1, -0.05) is 18.2 Å². The summed E-state index contributed by atoms with van der Waals surface area (Å²) >= 11 is 5.58. The lowest BCUT2D eigenvalue weighted by Gasteiger charge is -2.38. The summed E-state index contributed by atoms with van der Waals surface area (Å²) in [7, 11) is 3.38. The fraction of sp³-hybridized carbons (Fsp3) is 0.200. The Hall–Kier alpha value is -3.26. The quantitative estimate of drug-likeness (QED) is 0.485. The van der Waals surface area contributed by atoms with Crippen LogP contribution >= 0.6 is 12.2 Å². The summed E-state index contributed by atoms with van der Waals surface area (Å²) in [4.78, 5) is 26.8. The smallest absolute Gasteiger partial charge is 0.269 e. The van der Waals surface area contributed by atoms with E-state index in [9.17, 15) is 14.9 Å². The van der Waals surface area contributed by atoms with Gasteiger partial charge >= 0.3 is 0 Å². The molecule has 0 saturated carbocycles. The molecule has 8 heteroatoms. The average molecular weight is 396 g/mol. The maximum Gasteiger partial charge on any atom is 0.269 e. The highest BCUT2D eigenvalue weighted by molar-refractivity contribution is 7.80. The van der Waals surface area contributed by atoms with Crippen LogP contribution in [0.2, 0.25) is 0 Å². The number of rotatable bonds is 4. The molecule has 0 aromatic heterocycles. The zero-order valence-corrected chi connectivity index (χ0v) is 16.6. The van der Waals surface area contributed by atoms with E-state index in [0.29, 0.717) is 10.7 Å². The number of para-hydroxylation sites is 1. The molecule has 0 fully saturated rings. The van der Waals surface area contributed by atoms with Crippen molar-refractivity contribution in [3.8, 4) is 0 Å². The number of non-ortho nitro benzene ring substituents is 1. The zero-order chi connectivity index (χ0) is 20.4. The van der Waals surface area contributed by atoms with E-state index in [2.05, 4.69) is 5.32 Å². The number of allylic oxidation sites excluding steroid dienone is 1. The van der Waals surface area contributed by atoms with Crippen molar-refractivity contribution in [1.29, 1.82) is 0 Å². The van der Waals surface area contributed by atoms with E-state index in [1.807, 2.05) is 42.2 Å². The highest BCUT2D eigenvalue weighted by Gasteiger charge is 2.35. The molecule has 3 rings (SSSR count). The Morgan fingerprint density at radius 1 is 1.14 bits per heavy atom. The number of likely N-dealkylation sites (N-methyl/N-ethyl adjacent to an activating group) is 1. The third kappa shape index (κ3) is 3.59. The van der Waals surface area contributed by atoms with Gasteiger partial charge in [0, 0.05) is 37.6 Å². The molecule has 2 aromatic carbocycles. The van der Waals surface area contributed by atoms with Crippen LogP contribution in [-0.2, 0) is 4.79 Å². The van der Waals surface area contributed by atoms with Gasteiger partial charge < -0.3 is 10.2 Å². The van der Waals surface area contributed by atoms with E-state index in [-0.39, 0.29) is 11.6 Å². The Bertz CT molecular complexity index is 955. The molecule has 1 amide bonds. The molecule has 0 saturated heterocycles. The van der Waals surface area contributed by atoms with Gasteiger partial charge in [0.2, 0.25) is 0 Å². The fourth-order valence-electron chi connectivity index (χ4n) is 3.19. The summed E-state index contributed by atoms with van der Waals surface area (Å²) in [6.45, 7) is 1.86. The summed E-state index contributed by atoms with van der Waals surface area (Å²) in [5.41, 5.74) is 2.83. The van der Waals surface area contributed by atoms with Crippen molar-refractivity contribution in [3.63, 3.8) is 0 Å². The number of hydrogen-bond donors (Lipinski definition) is 1. The predicted octanol–water partition coefficient (Wildman–Crippen LogP) is 3.39. The van der Waals surface area contributed by atoms with Gasteiger partial charge in [-0.3, -0.25) is 19.8 Å². The summed E-state index contributed by atoms with van der Waals surface area (Å²) in [6, 6.07) is 15.2. The normalized spacial score (nSPS) is 16.6. The molecule has 1 aliphatic heterocycles. The van der Waals surface area contributed by atoms with E-state index in [1.165, 1.54) is 17.0 Å². The zero-order valence-electron chi connectivity index (χ0n) is 15.7. The molecule has 0 bridgehead atoms. The molecule has 1 N–H and O–H groups in total. The maximum absolute atomic E-state index is 13.0. The van der Waals surface area contributed by atoms with Crippen molar-refractivity contribution < 1.29 is 9.72 Å². The largest absolute Gasteiger partial charge is 0.351 e. The summed E-state index contributed by atoms with van der Waals surface area (Å²) in [6.07, 6.45) is 0. The molecule has 144 valence electrons. The van der Waals surface area contributed by atoms with Crippen molar-refractivity contribution in [2.45, 2.75) is 13.0 Å². The Kier molecular flexibility index (Phi) is 5.41. The van der Waals surface area contributed by atoms with Gasteiger partial charge in [-0.25, -0.2) is 0 Å². The number of nitro groups is 1. The van der Waals surface area contributed by atoms with Gasteiger partial charge in [0.25, 0.3) is 11.6 Å². The lowest BCUT2D eigenvalue weighted by molar-refractivity contribution is -0.384. The SMILES string of the molecule is CC1=C(C(=O)N(C)C)[C@@H](c2ccc([N+](=O)[O-])cc2)NC(=S)N1c1ccccc1. The number of hydrogen-bond acceptors (Lipinski definition) is 4. The molecule has 7 nitrogen and oxygen atoms in total. The highest BCUT2D eigenvalue weighted by Crippen LogP contribution is 2.34. The molecule has 1 atom stereocenters. The fourth-order valence-corrected chi connectivity index (χ4v) is 3.55. The van der Waals surface area contributed by atoms with Crippen LogP contribution in [0.4, 0.5) is 11.4 Å². The minimum absolute atomic E-state index is 0.00534. The van der Waals surface area contributed by atoms with Crippen LogP contribution in [0.5, 0.6) is 0 Å². The number of nitro benzene ring substituents is 1. The van der Waals surface area contributed by atoms with Crippen LogP contribution in [-0.4, -0.2) is 34.9 Å². The Morgan fingerprint density at radius 3 is 2.29 bits per heavy atom. The topological polar surface area (TPSA) is 78.7 Å². The molecule has 2 aromatic rings. The van der Waals surface area contributed by atoms with E-state index in [4.69, 9.17) is 12.2 Å². The third-order valence-corrected chi connectivity index (χ3v) is 4.87. The molecular weight excluding hydrogens is 376 g/mol. The van der Waals surface area contributed by atoms with Gasteiger partial charge in [-0.2, -0.15) is 0 Å². The van der Waals surface area contributed by atoms with Crippen LogP contribution in [0, 0.1) is 10.1 Å². The lowest BCUT2D eigenvalue weighted by Crippen LogP contribution is -2.49. The van der Waals surface area contributed by atoms with Gasteiger partial charge in [-0.15, -0.1) is 0 Å². The molecule has 0 aliphatic carbocycles. The number of anilines is 1. The number of carbonyl (C=O) groups excluding carboxylic acids is 1. The second-order valence-corrected chi connectivity index (χ2v) is 6.99. The number of nitrogens with one attached hydrogen (secondary N) is 1. The molecule has 0 radical (unpaired) electrons. The number of amides is 1. The van der Waals surface area contributed by atoms with Crippen molar-refractivity contribution in [2.75, 3.05) is 19.0 Å². The van der Waals surface area contributed by atoms with E-state index in [0.717, 1.165) is 16.9 Å². The Labute approximate surface area is 168 Å². The highest BCUT2D eigenvalue weighted by atomic mass is 32.1. The average Bonchev–Trinajstić information content (AvgIpc) is 2.68. The van der Waals surface area contributed by atoms with Gasteiger partial charge in [-0.05, 0) is 49.0 Å². The van der Waals surface area contributed by atoms with Crippen LogP contribution in [0.15, 0.2) is 65.9 Å². The van der Waals surface area contributed by atoms with Crippen LogP contribution in [0.25, 0.3) is 0 Å². The van der Waals surface area contributed by atoms with E-state index < -0.39 is 11.0 Å². The number of carbonyl (C=O) groups is 1. The van der Waals surface area contributed by atoms with Crippen LogP contribution in [0.1, 0.15) is 18.5 Å². The Morgan fingerprint density at radius 2 is 1.75 bits per heavy atom. The molecule has 0 unspecified atom stereocenters. The maximum atomic E-state index is 13.0. The number of thiocarbonyl (C=S) groups is 1. The number of benzene rings is 2. The van der Waals surface area contributed by atoms with Crippen molar-refractivity contribution >= 4 is 34.6 Å². The van der Waals surface area contributed by atoms with Gasteiger partial charge in [0.05, 0.1) is 16.5 Å². The second-order valence-electron chi connectivity index (χ2n) is 6.60. The van der Waals surface area contributed by atoms with E-state index >= 15 is 0 Å². The minimum Gasteiger partial charge on any atom is -0.351 e. The van der Waals surface area contributed by atoms with E-state index in [1.54, 1.807) is 26.2 Å². The minimum atomic E-state index is -0.497. The van der Waals surface area contributed by atoms with Crippen molar-refractivity contribution in [1.82, 2.24) is 10.2 Å². The van der Waals surface area contributed by atoms with Crippen molar-refractivity contribution in [2.24, 2.45) is 0 Å². The molecule has 0 spiro atoms. The predicted molar refractivity (Wildman–Crippen MR) is 112 cm³/mol. The monoisotopic (exact) mass is 396 g/mol. The second kappa shape index (κ2) is 7.77. The lowest BCUT2D eigenvalue weighted by atomic mass is 9.93.